The van der Waals surface area contributed by atoms with Crippen LogP contribution in [0.25, 0.3) is 0 Å². The maximum atomic E-state index is 14.3. The van der Waals surface area contributed by atoms with Gasteiger partial charge in [0, 0.05) is 59.2 Å². The number of likely N-dealkylation sites (tertiary alicyclic amines) is 1. The number of nitrogens with zero attached hydrogens (tertiary/aromatic N) is 2. The van der Waals surface area contributed by atoms with E-state index in [1.54, 1.807) is 25.3 Å². The van der Waals surface area contributed by atoms with Crippen molar-refractivity contribution in [1.29, 1.82) is 0 Å². The third-order valence-electron chi connectivity index (χ3n) is 12.2. The predicted molar refractivity (Wildman–Crippen MR) is 185 cm³/mol. The van der Waals surface area contributed by atoms with Gasteiger partial charge in [0.05, 0.1) is 19.7 Å². The molecule has 256 valence electrons. The predicted octanol–water partition coefficient (Wildman–Crippen LogP) is 6.37. The van der Waals surface area contributed by atoms with Crippen molar-refractivity contribution in [3.8, 4) is 17.2 Å². The molecule has 2 saturated carbocycles. The summed E-state index contributed by atoms with van der Waals surface area (Å²) >= 11 is 0. The monoisotopic (exact) mass is 662 g/mol. The van der Waals surface area contributed by atoms with Crippen molar-refractivity contribution in [2.45, 2.75) is 87.8 Å². The first-order valence-electron chi connectivity index (χ1n) is 18.2. The zero-order valence-electron chi connectivity index (χ0n) is 28.3. The molecule has 8 nitrogen and oxygen atoms in total. The molecule has 1 spiro atoms. The molecule has 8 rings (SSSR count). The van der Waals surface area contributed by atoms with Crippen molar-refractivity contribution in [1.82, 2.24) is 9.80 Å². The summed E-state index contributed by atoms with van der Waals surface area (Å²) in [5, 5.41) is 11.4. The number of carbonyl (C=O) groups excluding carboxylic acids is 3. The van der Waals surface area contributed by atoms with E-state index in [0.717, 1.165) is 55.8 Å². The van der Waals surface area contributed by atoms with Crippen LogP contribution in [0.15, 0.2) is 66.7 Å². The van der Waals surface area contributed by atoms with Crippen LogP contribution in [0.1, 0.15) is 89.6 Å². The average molecular weight is 663 g/mol. The van der Waals surface area contributed by atoms with E-state index in [0.29, 0.717) is 53.8 Å². The lowest BCUT2D eigenvalue weighted by atomic mass is 9.50. The van der Waals surface area contributed by atoms with E-state index in [-0.39, 0.29) is 53.7 Å². The van der Waals surface area contributed by atoms with Gasteiger partial charge in [-0.15, -0.1) is 0 Å². The van der Waals surface area contributed by atoms with E-state index >= 15 is 0 Å². The number of phenols is 1. The van der Waals surface area contributed by atoms with Crippen LogP contribution in [0.2, 0.25) is 0 Å². The molecule has 2 aliphatic heterocycles. The van der Waals surface area contributed by atoms with E-state index < -0.39 is 0 Å². The fourth-order valence-electron chi connectivity index (χ4n) is 9.71. The molecular formula is C41H46N2O6. The Labute approximate surface area is 288 Å². The number of piperidine rings is 1. The molecule has 3 aliphatic carbocycles. The molecule has 3 aromatic rings. The molecule has 8 heteroatoms. The topological polar surface area (TPSA) is 96.4 Å². The smallest absolute Gasteiger partial charge is 0.223 e. The Balaban J connectivity index is 1.10. The van der Waals surface area contributed by atoms with E-state index in [1.807, 2.05) is 53.4 Å². The summed E-state index contributed by atoms with van der Waals surface area (Å²) in [6, 6.07) is 20.1. The number of methoxy groups -OCH3 is 1. The molecule has 5 atom stereocenters. The highest BCUT2D eigenvalue weighted by molar-refractivity contribution is 5.99. The summed E-state index contributed by atoms with van der Waals surface area (Å²) in [6.45, 7) is 2.03. The molecule has 1 amide bonds. The lowest BCUT2D eigenvalue weighted by Gasteiger charge is -2.60. The third-order valence-corrected chi connectivity index (χ3v) is 12.2. The normalized spacial score (nSPS) is 26.4. The molecule has 3 aromatic carbocycles. The average Bonchev–Trinajstić information content (AvgIpc) is 3.89. The molecule has 0 unspecified atom stereocenters. The molecule has 0 aromatic heterocycles. The molecule has 49 heavy (non-hydrogen) atoms. The van der Waals surface area contributed by atoms with Crippen LogP contribution in [0.5, 0.6) is 17.2 Å². The van der Waals surface area contributed by atoms with Crippen molar-refractivity contribution in [3.05, 3.63) is 89.0 Å². The number of ketones is 2. The summed E-state index contributed by atoms with van der Waals surface area (Å²) in [5.41, 5.74) is 2.93. The fraction of sp³-hybridized carbons (Fsp3) is 0.488. The minimum Gasteiger partial charge on any atom is -0.508 e. The van der Waals surface area contributed by atoms with Crippen LogP contribution in [0, 0.1) is 11.8 Å². The van der Waals surface area contributed by atoms with Crippen LogP contribution in [0.3, 0.4) is 0 Å². The number of unbranched alkanes of at least 4 members (excludes halogenated alkanes) is 1. The van der Waals surface area contributed by atoms with Crippen LogP contribution in [-0.2, 0) is 16.6 Å². The second-order valence-electron chi connectivity index (χ2n) is 14.9. The summed E-state index contributed by atoms with van der Waals surface area (Å²) < 4.78 is 12.8. The Morgan fingerprint density at radius 3 is 2.33 bits per heavy atom. The van der Waals surface area contributed by atoms with E-state index in [2.05, 4.69) is 4.90 Å². The number of hydrogen-bond acceptors (Lipinski definition) is 7. The molecule has 1 N–H and O–H groups in total. The largest absolute Gasteiger partial charge is 0.508 e. The first kappa shape index (κ1) is 32.1. The summed E-state index contributed by atoms with van der Waals surface area (Å²) in [5.74, 6) is 2.48. The standard InChI is InChI=1S/C41H46N2O6/c1-48-36-23-34(45)29-22-32-30-18-19-31(40-41(30,38(29)39(36)49-40)20-21-42(32)24-26-16-17-26)43(25-35(46)28-12-6-3-7-13-28)37(47)15-9-8-14-33(44)27-10-4-2-5-11-27/h2-7,10-13,23,26,30-32,40,45H,8-9,14-22,24-25H2,1H3/t30-,31+,32+,40-,41-/m0/s1. The minimum atomic E-state index is -0.376. The van der Waals surface area contributed by atoms with Gasteiger partial charge in [-0.1, -0.05) is 60.7 Å². The first-order chi connectivity index (χ1) is 23.9. The van der Waals surface area contributed by atoms with Gasteiger partial charge in [-0.3, -0.25) is 19.3 Å². The number of ether oxygens (including phenoxy) is 2. The second-order valence-corrected chi connectivity index (χ2v) is 14.9. The Morgan fingerprint density at radius 1 is 0.939 bits per heavy atom. The van der Waals surface area contributed by atoms with E-state index in [1.165, 1.54) is 12.8 Å². The third kappa shape index (κ3) is 5.62. The number of carbonyl (C=O) groups is 3. The minimum absolute atomic E-state index is 0.0279. The van der Waals surface area contributed by atoms with Crippen LogP contribution >= 0.6 is 0 Å². The molecule has 3 fully saturated rings. The summed E-state index contributed by atoms with van der Waals surface area (Å²) in [7, 11) is 1.61. The molecule has 0 radical (unpaired) electrons. The van der Waals surface area contributed by atoms with Gasteiger partial charge in [-0.05, 0) is 69.7 Å². The summed E-state index contributed by atoms with van der Waals surface area (Å²) in [4.78, 5) is 45.4. The van der Waals surface area contributed by atoms with Gasteiger partial charge >= 0.3 is 0 Å². The number of phenolic OH excluding ortho intramolecular Hbond substituents is 1. The molecular weight excluding hydrogens is 616 g/mol. The van der Waals surface area contributed by atoms with Crippen molar-refractivity contribution in [3.63, 3.8) is 0 Å². The zero-order valence-corrected chi connectivity index (χ0v) is 28.3. The first-order valence-corrected chi connectivity index (χ1v) is 18.2. The maximum Gasteiger partial charge on any atom is 0.223 e. The van der Waals surface area contributed by atoms with Crippen molar-refractivity contribution < 1.29 is 29.0 Å². The fourth-order valence-corrected chi connectivity index (χ4v) is 9.71. The van der Waals surface area contributed by atoms with Gasteiger partial charge in [0.1, 0.15) is 11.9 Å². The molecule has 2 bridgehead atoms. The number of benzene rings is 3. The van der Waals surface area contributed by atoms with Crippen LogP contribution in [0.4, 0.5) is 0 Å². The van der Waals surface area contributed by atoms with Gasteiger partial charge < -0.3 is 19.5 Å². The Bertz CT molecular complexity index is 1740. The number of amides is 1. The van der Waals surface area contributed by atoms with Crippen molar-refractivity contribution in [2.24, 2.45) is 11.8 Å². The molecule has 5 aliphatic rings. The number of aromatic hydroxyl groups is 1. The highest BCUT2D eigenvalue weighted by Gasteiger charge is 2.67. The lowest BCUT2D eigenvalue weighted by Crippen LogP contribution is -2.69. The van der Waals surface area contributed by atoms with Crippen molar-refractivity contribution >= 4 is 17.5 Å². The zero-order chi connectivity index (χ0) is 33.7. The lowest BCUT2D eigenvalue weighted by molar-refractivity contribution is -0.142. The number of rotatable bonds is 13. The number of hydrogen-bond donors (Lipinski definition) is 1. The Kier molecular flexibility index (Phi) is 8.47. The van der Waals surface area contributed by atoms with Gasteiger partial charge in [0.2, 0.25) is 5.91 Å². The quantitative estimate of drug-likeness (QED) is 0.168. The highest BCUT2D eigenvalue weighted by Crippen LogP contribution is 2.66. The van der Waals surface area contributed by atoms with Crippen molar-refractivity contribution in [2.75, 3.05) is 26.7 Å². The summed E-state index contributed by atoms with van der Waals surface area (Å²) in [6.07, 6.45) is 7.35. The van der Waals surface area contributed by atoms with Gasteiger partial charge in [0.15, 0.2) is 23.1 Å². The maximum absolute atomic E-state index is 14.3. The second kappa shape index (κ2) is 12.9. The van der Waals surface area contributed by atoms with Gasteiger partial charge in [-0.2, -0.15) is 0 Å². The van der Waals surface area contributed by atoms with Gasteiger partial charge in [-0.25, -0.2) is 0 Å². The van der Waals surface area contributed by atoms with E-state index in [9.17, 15) is 19.5 Å². The molecule has 1 saturated heterocycles. The van der Waals surface area contributed by atoms with Gasteiger partial charge in [0.25, 0.3) is 0 Å². The highest BCUT2D eigenvalue weighted by atomic mass is 16.5. The van der Waals surface area contributed by atoms with Crippen LogP contribution in [-0.4, -0.2) is 77.3 Å². The SMILES string of the molecule is COc1cc(O)c2c3c1O[C@H]1[C@H](N(CC(=O)c4ccccc4)C(=O)CCCCC(=O)c4ccccc4)CC[C@H]4[C@@H](C2)N(CC2CC2)CC[C@@]341. The number of Topliss-reactive ketones (excluding diaryl/α,β-unsaturated/α-hetero) is 2. The Morgan fingerprint density at radius 2 is 1.63 bits per heavy atom. The Hall–Kier alpha value is -4.17. The molecule has 2 heterocycles. The van der Waals surface area contributed by atoms with E-state index in [4.69, 9.17) is 9.47 Å². The van der Waals surface area contributed by atoms with Crippen LogP contribution < -0.4 is 9.47 Å².